The second-order valence-electron chi connectivity index (χ2n) is 2.97. The van der Waals surface area contributed by atoms with Crippen molar-refractivity contribution in [2.45, 2.75) is 44.4 Å². The van der Waals surface area contributed by atoms with E-state index in [0.717, 1.165) is 5.92 Å². The van der Waals surface area contributed by atoms with E-state index in [4.69, 9.17) is 11.6 Å². The van der Waals surface area contributed by atoms with Gasteiger partial charge < -0.3 is 0 Å². The maximum absolute atomic E-state index is 6.08. The first kappa shape index (κ1) is 7.40. The standard InChI is InChI=1S/C8H15Cl/c1-2-7-5-3-4-6-8(7)9/h7-8H,2-6H2,1H3. The van der Waals surface area contributed by atoms with E-state index in [-0.39, 0.29) is 0 Å². The SMILES string of the molecule is CCC1CCCCC1Cl. The molecule has 0 radical (unpaired) electrons. The third-order valence-corrected chi connectivity index (χ3v) is 2.92. The van der Waals surface area contributed by atoms with E-state index in [1.165, 1.54) is 32.1 Å². The summed E-state index contributed by atoms with van der Waals surface area (Å²) in [6.45, 7) is 2.24. The summed E-state index contributed by atoms with van der Waals surface area (Å²) in [6.07, 6.45) is 6.64. The Bertz CT molecular complexity index is 80.6. The normalized spacial score (nSPS) is 36.7. The van der Waals surface area contributed by atoms with Gasteiger partial charge in [-0.25, -0.2) is 0 Å². The Hall–Kier alpha value is 0.290. The van der Waals surface area contributed by atoms with Crippen molar-refractivity contribution < 1.29 is 0 Å². The van der Waals surface area contributed by atoms with Crippen LogP contribution in [0.4, 0.5) is 0 Å². The molecule has 1 fully saturated rings. The van der Waals surface area contributed by atoms with E-state index < -0.39 is 0 Å². The topological polar surface area (TPSA) is 0 Å². The molecule has 0 saturated heterocycles. The lowest BCUT2D eigenvalue weighted by Crippen LogP contribution is -2.18. The lowest BCUT2D eigenvalue weighted by atomic mass is 9.87. The summed E-state index contributed by atoms with van der Waals surface area (Å²) >= 11 is 6.08. The quantitative estimate of drug-likeness (QED) is 0.499. The molecule has 1 aliphatic rings. The van der Waals surface area contributed by atoms with Gasteiger partial charge in [-0.05, 0) is 18.8 Å². The van der Waals surface area contributed by atoms with Crippen LogP contribution in [0.1, 0.15) is 39.0 Å². The Labute approximate surface area is 62.6 Å². The molecule has 0 aromatic heterocycles. The van der Waals surface area contributed by atoms with Crippen LogP contribution in [-0.4, -0.2) is 5.38 Å². The van der Waals surface area contributed by atoms with Gasteiger partial charge in [0.2, 0.25) is 0 Å². The first-order valence-electron chi connectivity index (χ1n) is 3.98. The average Bonchev–Trinajstić information content (AvgIpc) is 1.89. The Morgan fingerprint density at radius 2 is 2.00 bits per heavy atom. The molecule has 2 atom stereocenters. The first-order chi connectivity index (χ1) is 4.34. The van der Waals surface area contributed by atoms with E-state index in [2.05, 4.69) is 6.92 Å². The van der Waals surface area contributed by atoms with Gasteiger partial charge >= 0.3 is 0 Å². The fraction of sp³-hybridized carbons (Fsp3) is 1.00. The maximum atomic E-state index is 6.08. The summed E-state index contributed by atoms with van der Waals surface area (Å²) in [4.78, 5) is 0. The van der Waals surface area contributed by atoms with Crippen molar-refractivity contribution in [3.05, 3.63) is 0 Å². The Morgan fingerprint density at radius 3 is 2.44 bits per heavy atom. The lowest BCUT2D eigenvalue weighted by molar-refractivity contribution is 0.356. The molecule has 54 valence electrons. The van der Waals surface area contributed by atoms with Crippen molar-refractivity contribution in [1.29, 1.82) is 0 Å². The van der Waals surface area contributed by atoms with Crippen molar-refractivity contribution in [2.24, 2.45) is 5.92 Å². The minimum atomic E-state index is 0.490. The highest BCUT2D eigenvalue weighted by molar-refractivity contribution is 6.20. The second kappa shape index (κ2) is 3.46. The van der Waals surface area contributed by atoms with Crippen LogP contribution >= 0.6 is 11.6 Å². The largest absolute Gasteiger partial charge is 0.123 e. The van der Waals surface area contributed by atoms with Gasteiger partial charge in [-0.3, -0.25) is 0 Å². The molecular weight excluding hydrogens is 132 g/mol. The van der Waals surface area contributed by atoms with E-state index in [9.17, 15) is 0 Å². The third-order valence-electron chi connectivity index (χ3n) is 2.34. The number of halogens is 1. The highest BCUT2D eigenvalue weighted by Crippen LogP contribution is 2.30. The van der Waals surface area contributed by atoms with Crippen molar-refractivity contribution >= 4 is 11.6 Å². The first-order valence-corrected chi connectivity index (χ1v) is 4.42. The molecular formula is C8H15Cl. The third kappa shape index (κ3) is 1.86. The highest BCUT2D eigenvalue weighted by Gasteiger charge is 2.20. The predicted octanol–water partition coefficient (Wildman–Crippen LogP) is 3.19. The molecule has 0 aromatic rings. The summed E-state index contributed by atoms with van der Waals surface area (Å²) in [5, 5.41) is 0.490. The number of rotatable bonds is 1. The van der Waals surface area contributed by atoms with Crippen LogP contribution in [0.25, 0.3) is 0 Å². The summed E-state index contributed by atoms with van der Waals surface area (Å²) < 4.78 is 0. The average molecular weight is 147 g/mol. The van der Waals surface area contributed by atoms with Crippen molar-refractivity contribution in [1.82, 2.24) is 0 Å². The summed E-state index contributed by atoms with van der Waals surface area (Å²) in [5.41, 5.74) is 0. The Balaban J connectivity index is 2.30. The van der Waals surface area contributed by atoms with Gasteiger partial charge in [-0.1, -0.05) is 26.2 Å². The zero-order valence-corrected chi connectivity index (χ0v) is 6.82. The molecule has 0 aromatic carbocycles. The summed E-state index contributed by atoms with van der Waals surface area (Å²) in [6, 6.07) is 0. The Morgan fingerprint density at radius 1 is 1.33 bits per heavy atom. The van der Waals surface area contributed by atoms with Gasteiger partial charge in [0.25, 0.3) is 0 Å². The van der Waals surface area contributed by atoms with Crippen LogP contribution in [0.5, 0.6) is 0 Å². The minimum absolute atomic E-state index is 0.490. The molecule has 1 rings (SSSR count). The number of alkyl halides is 1. The summed E-state index contributed by atoms with van der Waals surface area (Å²) in [5.74, 6) is 0.820. The van der Waals surface area contributed by atoms with Gasteiger partial charge in [-0.15, -0.1) is 11.6 Å². The van der Waals surface area contributed by atoms with Gasteiger partial charge in [0, 0.05) is 5.38 Å². The van der Waals surface area contributed by atoms with E-state index in [0.29, 0.717) is 5.38 Å². The van der Waals surface area contributed by atoms with Gasteiger partial charge in [0.15, 0.2) is 0 Å². The molecule has 0 aliphatic heterocycles. The molecule has 1 saturated carbocycles. The molecule has 1 aliphatic carbocycles. The maximum Gasteiger partial charge on any atom is 0.0364 e. The fourth-order valence-corrected chi connectivity index (χ4v) is 2.08. The van der Waals surface area contributed by atoms with Crippen LogP contribution in [0.2, 0.25) is 0 Å². The molecule has 9 heavy (non-hydrogen) atoms. The molecule has 2 unspecified atom stereocenters. The van der Waals surface area contributed by atoms with E-state index >= 15 is 0 Å². The zero-order chi connectivity index (χ0) is 6.69. The predicted molar refractivity (Wildman–Crippen MR) is 41.9 cm³/mol. The highest BCUT2D eigenvalue weighted by atomic mass is 35.5. The van der Waals surface area contributed by atoms with Crippen LogP contribution < -0.4 is 0 Å². The van der Waals surface area contributed by atoms with Gasteiger partial charge in [0.1, 0.15) is 0 Å². The molecule has 0 N–H and O–H groups in total. The zero-order valence-electron chi connectivity index (χ0n) is 6.07. The van der Waals surface area contributed by atoms with Crippen LogP contribution in [0, 0.1) is 5.92 Å². The molecule has 0 nitrogen and oxygen atoms in total. The smallest absolute Gasteiger partial charge is 0.0364 e. The van der Waals surface area contributed by atoms with Crippen molar-refractivity contribution in [3.63, 3.8) is 0 Å². The van der Waals surface area contributed by atoms with Crippen LogP contribution in [0.15, 0.2) is 0 Å². The molecule has 0 bridgehead atoms. The summed E-state index contributed by atoms with van der Waals surface area (Å²) in [7, 11) is 0. The van der Waals surface area contributed by atoms with Crippen LogP contribution in [-0.2, 0) is 0 Å². The van der Waals surface area contributed by atoms with Crippen molar-refractivity contribution in [3.8, 4) is 0 Å². The Kier molecular flexibility index (Phi) is 2.84. The van der Waals surface area contributed by atoms with Gasteiger partial charge in [-0.2, -0.15) is 0 Å². The number of hydrogen-bond acceptors (Lipinski definition) is 0. The minimum Gasteiger partial charge on any atom is -0.123 e. The lowest BCUT2D eigenvalue weighted by Gasteiger charge is -2.25. The number of hydrogen-bond donors (Lipinski definition) is 0. The molecule has 1 heteroatoms. The van der Waals surface area contributed by atoms with Crippen LogP contribution in [0.3, 0.4) is 0 Å². The van der Waals surface area contributed by atoms with Gasteiger partial charge in [0.05, 0.1) is 0 Å². The molecule has 0 amide bonds. The monoisotopic (exact) mass is 146 g/mol. The second-order valence-corrected chi connectivity index (χ2v) is 3.53. The fourth-order valence-electron chi connectivity index (χ4n) is 1.62. The van der Waals surface area contributed by atoms with E-state index in [1.807, 2.05) is 0 Å². The van der Waals surface area contributed by atoms with E-state index in [1.54, 1.807) is 0 Å². The van der Waals surface area contributed by atoms with Crippen molar-refractivity contribution in [2.75, 3.05) is 0 Å². The molecule has 0 heterocycles. The molecule has 0 spiro atoms.